The van der Waals surface area contributed by atoms with Crippen LogP contribution in [0.2, 0.25) is 0 Å². The maximum Gasteiger partial charge on any atom is 0.0992 e. The van der Waals surface area contributed by atoms with Crippen molar-refractivity contribution in [1.29, 1.82) is 0 Å². The van der Waals surface area contributed by atoms with Gasteiger partial charge in [0.2, 0.25) is 0 Å². The summed E-state index contributed by atoms with van der Waals surface area (Å²) in [7, 11) is 0. The molecule has 0 aliphatic heterocycles. The molecule has 0 saturated heterocycles. The van der Waals surface area contributed by atoms with Gasteiger partial charge in [-0.15, -0.1) is 0 Å². The third kappa shape index (κ3) is 2.18. The predicted octanol–water partition coefficient (Wildman–Crippen LogP) is 2.83. The van der Waals surface area contributed by atoms with Crippen molar-refractivity contribution >= 4 is 15.9 Å². The highest BCUT2D eigenvalue weighted by atomic mass is 79.9. The molecule has 0 atom stereocenters. The van der Waals surface area contributed by atoms with Gasteiger partial charge in [-0.05, 0) is 47.5 Å². The van der Waals surface area contributed by atoms with Gasteiger partial charge in [-0.1, -0.05) is 6.07 Å². The Balaban J connectivity index is 2.46. The van der Waals surface area contributed by atoms with Crippen molar-refractivity contribution in [1.82, 2.24) is 9.55 Å². The molecule has 0 aliphatic rings. The Hall–Kier alpha value is -1.13. The van der Waals surface area contributed by atoms with Crippen molar-refractivity contribution < 1.29 is 0 Å². The summed E-state index contributed by atoms with van der Waals surface area (Å²) >= 11 is 3.56. The molecule has 84 valence electrons. The van der Waals surface area contributed by atoms with Crippen LogP contribution in [-0.4, -0.2) is 9.55 Å². The molecule has 2 N–H and O–H groups in total. The van der Waals surface area contributed by atoms with Gasteiger partial charge in [0.15, 0.2) is 0 Å². The molecule has 0 fully saturated rings. The molecule has 0 spiro atoms. The molecule has 16 heavy (non-hydrogen) atoms. The summed E-state index contributed by atoms with van der Waals surface area (Å²) in [4.78, 5) is 4.03. The lowest BCUT2D eigenvalue weighted by atomic mass is 9.95. The Kier molecular flexibility index (Phi) is 2.86. The highest BCUT2D eigenvalue weighted by molar-refractivity contribution is 9.10. The second kappa shape index (κ2) is 4.03. The van der Waals surface area contributed by atoms with Gasteiger partial charge in [0.25, 0.3) is 0 Å². The van der Waals surface area contributed by atoms with Crippen LogP contribution in [0.4, 0.5) is 0 Å². The smallest absolute Gasteiger partial charge is 0.0992 e. The summed E-state index contributed by atoms with van der Waals surface area (Å²) in [6, 6.07) is 6.13. The van der Waals surface area contributed by atoms with Gasteiger partial charge in [-0.3, -0.25) is 0 Å². The van der Waals surface area contributed by atoms with Crippen molar-refractivity contribution in [2.24, 2.45) is 5.73 Å². The molecule has 2 rings (SSSR count). The number of benzene rings is 1. The predicted molar refractivity (Wildman–Crippen MR) is 68.5 cm³/mol. The van der Waals surface area contributed by atoms with Gasteiger partial charge in [-0.25, -0.2) is 4.98 Å². The van der Waals surface area contributed by atoms with Crippen LogP contribution in [0.15, 0.2) is 41.4 Å². The van der Waals surface area contributed by atoms with E-state index in [1.807, 2.05) is 36.7 Å². The Labute approximate surface area is 103 Å². The molecule has 1 aromatic carbocycles. The normalized spacial score (nSPS) is 11.8. The van der Waals surface area contributed by atoms with Crippen molar-refractivity contribution in [2.45, 2.75) is 19.4 Å². The minimum absolute atomic E-state index is 0.323. The zero-order valence-corrected chi connectivity index (χ0v) is 10.9. The van der Waals surface area contributed by atoms with Gasteiger partial charge >= 0.3 is 0 Å². The largest absolute Gasteiger partial charge is 0.322 e. The summed E-state index contributed by atoms with van der Waals surface area (Å²) in [6.45, 7) is 3.98. The van der Waals surface area contributed by atoms with E-state index in [9.17, 15) is 0 Å². The molecule has 0 saturated carbocycles. The average Bonchev–Trinajstić information content (AvgIpc) is 2.69. The molecular formula is C12H14BrN3. The number of hydrogen-bond acceptors (Lipinski definition) is 2. The minimum Gasteiger partial charge on any atom is -0.322 e. The fourth-order valence-corrected chi connectivity index (χ4v) is 2.10. The highest BCUT2D eigenvalue weighted by Gasteiger charge is 2.15. The van der Waals surface area contributed by atoms with Gasteiger partial charge in [-0.2, -0.15) is 0 Å². The van der Waals surface area contributed by atoms with Crippen molar-refractivity contribution in [3.63, 3.8) is 0 Å². The van der Waals surface area contributed by atoms with E-state index in [4.69, 9.17) is 5.73 Å². The number of imidazole rings is 1. The average molecular weight is 280 g/mol. The number of aromatic nitrogens is 2. The van der Waals surface area contributed by atoms with E-state index < -0.39 is 0 Å². The fraction of sp³-hybridized carbons (Fsp3) is 0.250. The summed E-state index contributed by atoms with van der Waals surface area (Å²) in [5.74, 6) is 0. The first-order chi connectivity index (χ1) is 7.48. The SMILES string of the molecule is CC(C)(N)c1ccc(-n2ccnc2)c(Br)c1. The first-order valence-corrected chi connectivity index (χ1v) is 5.85. The van der Waals surface area contributed by atoms with Gasteiger partial charge < -0.3 is 10.3 Å². The Bertz CT molecular complexity index is 483. The first kappa shape index (κ1) is 11.4. The standard InChI is InChI=1S/C12H14BrN3/c1-12(2,14)9-3-4-11(10(13)7-9)16-6-5-15-8-16/h3-8H,14H2,1-2H3. The van der Waals surface area contributed by atoms with Crippen LogP contribution in [0.25, 0.3) is 5.69 Å². The highest BCUT2D eigenvalue weighted by Crippen LogP contribution is 2.26. The van der Waals surface area contributed by atoms with Crippen LogP contribution in [0.3, 0.4) is 0 Å². The van der Waals surface area contributed by atoms with E-state index in [2.05, 4.69) is 27.0 Å². The molecule has 0 bridgehead atoms. The van der Waals surface area contributed by atoms with Crippen LogP contribution in [0, 0.1) is 0 Å². The van der Waals surface area contributed by atoms with Gasteiger partial charge in [0.05, 0.1) is 12.0 Å². The van der Waals surface area contributed by atoms with Crippen LogP contribution in [0.1, 0.15) is 19.4 Å². The van der Waals surface area contributed by atoms with Gasteiger partial charge in [0.1, 0.15) is 0 Å². The molecule has 1 aromatic heterocycles. The first-order valence-electron chi connectivity index (χ1n) is 5.06. The number of nitrogens with two attached hydrogens (primary N) is 1. The second-order valence-corrected chi connectivity index (χ2v) is 5.21. The van der Waals surface area contributed by atoms with Crippen molar-refractivity contribution in [2.75, 3.05) is 0 Å². The van der Waals surface area contributed by atoms with Crippen LogP contribution >= 0.6 is 15.9 Å². The molecule has 1 heterocycles. The molecule has 4 heteroatoms. The lowest BCUT2D eigenvalue weighted by molar-refractivity contribution is 0.554. The van der Waals surface area contributed by atoms with Gasteiger partial charge in [0, 0.05) is 22.4 Å². The molecule has 0 aliphatic carbocycles. The van der Waals surface area contributed by atoms with Crippen molar-refractivity contribution in [3.05, 3.63) is 47.0 Å². The van der Waals surface area contributed by atoms with E-state index in [-0.39, 0.29) is 5.54 Å². The number of nitrogens with zero attached hydrogens (tertiary/aromatic N) is 2. The number of hydrogen-bond donors (Lipinski definition) is 1. The summed E-state index contributed by atoms with van der Waals surface area (Å²) in [6.07, 6.45) is 5.44. The maximum atomic E-state index is 6.05. The quantitative estimate of drug-likeness (QED) is 0.919. The Morgan fingerprint density at radius 3 is 2.62 bits per heavy atom. The van der Waals surface area contributed by atoms with Crippen LogP contribution in [-0.2, 0) is 5.54 Å². The molecule has 2 aromatic rings. The van der Waals surface area contributed by atoms with E-state index in [1.165, 1.54) is 0 Å². The van der Waals surface area contributed by atoms with E-state index in [0.717, 1.165) is 15.7 Å². The van der Waals surface area contributed by atoms with Crippen LogP contribution in [0.5, 0.6) is 0 Å². The Morgan fingerprint density at radius 1 is 1.38 bits per heavy atom. The maximum absolute atomic E-state index is 6.05. The van der Waals surface area contributed by atoms with E-state index in [1.54, 1.807) is 12.5 Å². The van der Waals surface area contributed by atoms with Crippen molar-refractivity contribution in [3.8, 4) is 5.69 Å². The Morgan fingerprint density at radius 2 is 2.12 bits per heavy atom. The molecule has 0 amide bonds. The zero-order valence-electron chi connectivity index (χ0n) is 9.31. The fourth-order valence-electron chi connectivity index (χ4n) is 1.52. The summed E-state index contributed by atoms with van der Waals surface area (Å²) in [5, 5.41) is 0. The monoisotopic (exact) mass is 279 g/mol. The number of rotatable bonds is 2. The molecule has 0 radical (unpaired) electrons. The summed E-state index contributed by atoms with van der Waals surface area (Å²) in [5.41, 5.74) is 7.89. The molecule has 3 nitrogen and oxygen atoms in total. The number of halogens is 1. The third-order valence-electron chi connectivity index (χ3n) is 2.47. The minimum atomic E-state index is -0.323. The lowest BCUT2D eigenvalue weighted by Gasteiger charge is -2.20. The molecular weight excluding hydrogens is 266 g/mol. The summed E-state index contributed by atoms with van der Waals surface area (Å²) < 4.78 is 2.97. The van der Waals surface area contributed by atoms with E-state index >= 15 is 0 Å². The zero-order chi connectivity index (χ0) is 11.8. The lowest BCUT2D eigenvalue weighted by Crippen LogP contribution is -2.28. The third-order valence-corrected chi connectivity index (χ3v) is 3.11. The van der Waals surface area contributed by atoms with E-state index in [0.29, 0.717) is 0 Å². The van der Waals surface area contributed by atoms with Crippen LogP contribution < -0.4 is 5.73 Å². The topological polar surface area (TPSA) is 43.8 Å². The second-order valence-electron chi connectivity index (χ2n) is 4.36. The molecule has 0 unspecified atom stereocenters.